The van der Waals surface area contributed by atoms with Gasteiger partial charge in [-0.2, -0.15) is 0 Å². The van der Waals surface area contributed by atoms with Gasteiger partial charge in [0.2, 0.25) is 5.91 Å². The number of carbonyl (C=O) groups excluding carboxylic acids is 1. The van der Waals surface area contributed by atoms with Gasteiger partial charge in [0.05, 0.1) is 7.85 Å². The fourth-order valence-electron chi connectivity index (χ4n) is 3.04. The van der Waals surface area contributed by atoms with Crippen LogP contribution < -0.4 is 0 Å². The van der Waals surface area contributed by atoms with Gasteiger partial charge in [-0.15, -0.1) is 11.3 Å². The number of carbonyl (C=O) groups is 1. The number of likely N-dealkylation sites (tertiary alicyclic amines) is 1. The Bertz CT molecular complexity index is 406. The van der Waals surface area contributed by atoms with E-state index in [1.165, 1.54) is 4.88 Å². The summed E-state index contributed by atoms with van der Waals surface area (Å²) in [6.45, 7) is 4.96. The van der Waals surface area contributed by atoms with E-state index in [9.17, 15) is 4.79 Å². The number of hydrogen-bond acceptors (Lipinski definition) is 2. The van der Waals surface area contributed by atoms with Crippen molar-refractivity contribution in [1.29, 1.82) is 0 Å². The van der Waals surface area contributed by atoms with Gasteiger partial charge < -0.3 is 4.90 Å². The molecule has 1 aromatic heterocycles. The van der Waals surface area contributed by atoms with Gasteiger partial charge in [-0.1, -0.05) is 26.2 Å². The molecular weight excluding hydrogens is 253 g/mol. The average molecular weight is 275 g/mol. The van der Waals surface area contributed by atoms with Crippen molar-refractivity contribution in [1.82, 2.24) is 4.90 Å². The van der Waals surface area contributed by atoms with Crippen molar-refractivity contribution >= 4 is 25.1 Å². The zero-order chi connectivity index (χ0) is 13.8. The van der Waals surface area contributed by atoms with E-state index in [-0.39, 0.29) is 5.92 Å². The van der Waals surface area contributed by atoms with Crippen molar-refractivity contribution in [2.24, 2.45) is 11.8 Å². The second-order valence-electron chi connectivity index (χ2n) is 5.51. The van der Waals surface area contributed by atoms with Crippen LogP contribution in [0.4, 0.5) is 0 Å². The van der Waals surface area contributed by atoms with E-state index in [0.717, 1.165) is 19.3 Å². The van der Waals surface area contributed by atoms with Gasteiger partial charge >= 0.3 is 0 Å². The molecule has 0 N–H and O–H groups in total. The summed E-state index contributed by atoms with van der Waals surface area (Å²) in [5.41, 5.74) is 0. The maximum Gasteiger partial charge on any atom is 0.225 e. The van der Waals surface area contributed by atoms with E-state index in [2.05, 4.69) is 31.4 Å². The summed E-state index contributed by atoms with van der Waals surface area (Å²) >= 11 is 1.82. The Morgan fingerprint density at radius 1 is 1.42 bits per heavy atom. The molecule has 1 aliphatic heterocycles. The summed E-state index contributed by atoms with van der Waals surface area (Å²) in [4.78, 5) is 15.6. The molecule has 1 saturated heterocycles. The van der Waals surface area contributed by atoms with Crippen molar-refractivity contribution in [3.8, 4) is 0 Å². The van der Waals surface area contributed by atoms with Crippen LogP contribution in [0.5, 0.6) is 0 Å². The maximum atomic E-state index is 12.2. The first-order valence-electron chi connectivity index (χ1n) is 7.18. The Morgan fingerprint density at radius 2 is 2.21 bits per heavy atom. The fraction of sp³-hybridized carbons (Fsp3) is 0.667. The Labute approximate surface area is 121 Å². The molecule has 2 nitrogen and oxygen atoms in total. The lowest BCUT2D eigenvalue weighted by Gasteiger charge is -2.26. The number of aryl methyl sites for hydroxylation is 1. The molecule has 3 atom stereocenters. The summed E-state index contributed by atoms with van der Waals surface area (Å²) in [6.07, 6.45) is 3.93. The quantitative estimate of drug-likeness (QED) is 0.730. The largest absolute Gasteiger partial charge is 0.340 e. The zero-order valence-electron chi connectivity index (χ0n) is 11.8. The van der Waals surface area contributed by atoms with E-state index >= 15 is 0 Å². The average Bonchev–Trinajstić information content (AvgIpc) is 2.98. The van der Waals surface area contributed by atoms with Crippen molar-refractivity contribution in [2.45, 2.75) is 45.5 Å². The van der Waals surface area contributed by atoms with E-state index in [1.54, 1.807) is 0 Å². The topological polar surface area (TPSA) is 20.3 Å². The second-order valence-corrected chi connectivity index (χ2v) is 6.54. The lowest BCUT2D eigenvalue weighted by Crippen LogP contribution is -2.35. The van der Waals surface area contributed by atoms with Crippen molar-refractivity contribution in [3.05, 3.63) is 22.4 Å². The minimum Gasteiger partial charge on any atom is -0.340 e. The SMILES string of the molecule is [B]CCN1C(=O)C(C)C(C)C1CCCc1cccs1. The van der Waals surface area contributed by atoms with Crippen molar-refractivity contribution < 1.29 is 4.79 Å². The molecule has 19 heavy (non-hydrogen) atoms. The molecule has 102 valence electrons. The highest BCUT2D eigenvalue weighted by Gasteiger charge is 2.41. The summed E-state index contributed by atoms with van der Waals surface area (Å²) in [6, 6.07) is 4.67. The van der Waals surface area contributed by atoms with Gasteiger partial charge in [0.1, 0.15) is 0 Å². The van der Waals surface area contributed by atoms with Gasteiger partial charge in [-0.3, -0.25) is 4.79 Å². The van der Waals surface area contributed by atoms with Gasteiger partial charge in [-0.05, 0) is 36.6 Å². The Balaban J connectivity index is 1.90. The highest BCUT2D eigenvalue weighted by molar-refractivity contribution is 7.09. The maximum absolute atomic E-state index is 12.2. The lowest BCUT2D eigenvalue weighted by molar-refractivity contribution is -0.131. The standard InChI is InChI=1S/C15H22BNOS/c1-11-12(2)15(18)17(9-8-16)14(11)7-3-5-13-6-4-10-19-13/h4,6,10-12,14H,3,5,7-9H2,1-2H3. The van der Waals surface area contributed by atoms with Crippen LogP contribution in [0.3, 0.4) is 0 Å². The summed E-state index contributed by atoms with van der Waals surface area (Å²) in [7, 11) is 5.64. The molecule has 0 aromatic carbocycles. The zero-order valence-corrected chi connectivity index (χ0v) is 12.7. The molecular formula is C15H22BNOS. The minimum absolute atomic E-state index is 0.151. The summed E-state index contributed by atoms with van der Waals surface area (Å²) in [5.74, 6) is 0.889. The molecule has 4 heteroatoms. The monoisotopic (exact) mass is 275 g/mol. The predicted octanol–water partition coefficient (Wildman–Crippen LogP) is 3.14. The highest BCUT2D eigenvalue weighted by Crippen LogP contribution is 2.33. The Kier molecular flexibility index (Phi) is 5.09. The molecule has 0 bridgehead atoms. The third-order valence-electron chi connectivity index (χ3n) is 4.34. The third kappa shape index (κ3) is 3.22. The molecule has 2 heterocycles. The number of hydrogen-bond donors (Lipinski definition) is 0. The molecule has 0 saturated carbocycles. The molecule has 0 aliphatic carbocycles. The lowest BCUT2D eigenvalue weighted by atomic mass is 9.90. The van der Waals surface area contributed by atoms with Crippen molar-refractivity contribution in [2.75, 3.05) is 6.54 Å². The summed E-state index contributed by atoms with van der Waals surface area (Å²) in [5, 5.41) is 2.12. The molecule has 1 aliphatic rings. The highest BCUT2D eigenvalue weighted by atomic mass is 32.1. The van der Waals surface area contributed by atoms with Crippen molar-refractivity contribution in [3.63, 3.8) is 0 Å². The number of rotatable bonds is 6. The normalized spacial score (nSPS) is 27.2. The number of nitrogens with zero attached hydrogens (tertiary/aromatic N) is 1. The van der Waals surface area contributed by atoms with Gasteiger partial charge in [0.25, 0.3) is 0 Å². The fourth-order valence-corrected chi connectivity index (χ4v) is 3.79. The molecule has 0 spiro atoms. The van der Waals surface area contributed by atoms with Gasteiger partial charge in [0, 0.05) is 23.4 Å². The molecule has 2 rings (SSSR count). The van der Waals surface area contributed by atoms with Gasteiger partial charge in [-0.25, -0.2) is 0 Å². The van der Waals surface area contributed by atoms with Crippen LogP contribution in [0.15, 0.2) is 17.5 Å². The molecule has 1 aromatic rings. The van der Waals surface area contributed by atoms with Crippen LogP contribution >= 0.6 is 11.3 Å². The van der Waals surface area contributed by atoms with Crippen LogP contribution in [0.2, 0.25) is 6.32 Å². The van der Waals surface area contributed by atoms with E-state index in [0.29, 0.717) is 30.7 Å². The third-order valence-corrected chi connectivity index (χ3v) is 5.28. The first-order valence-corrected chi connectivity index (χ1v) is 8.06. The smallest absolute Gasteiger partial charge is 0.225 e. The molecule has 1 amide bonds. The molecule has 3 unspecified atom stereocenters. The predicted molar refractivity (Wildman–Crippen MR) is 81.6 cm³/mol. The van der Waals surface area contributed by atoms with E-state index in [4.69, 9.17) is 7.85 Å². The van der Waals surface area contributed by atoms with Crippen LogP contribution in [0.25, 0.3) is 0 Å². The van der Waals surface area contributed by atoms with Gasteiger partial charge in [0.15, 0.2) is 0 Å². The molecule has 2 radical (unpaired) electrons. The second kappa shape index (κ2) is 6.60. The van der Waals surface area contributed by atoms with Crippen LogP contribution in [0.1, 0.15) is 31.6 Å². The first-order chi connectivity index (χ1) is 9.15. The molecule has 1 fully saturated rings. The minimum atomic E-state index is 0.151. The van der Waals surface area contributed by atoms with E-state index in [1.807, 2.05) is 16.2 Å². The Morgan fingerprint density at radius 3 is 2.84 bits per heavy atom. The van der Waals surface area contributed by atoms with Crippen LogP contribution in [0, 0.1) is 11.8 Å². The number of amides is 1. The van der Waals surface area contributed by atoms with E-state index < -0.39 is 0 Å². The Hall–Kier alpha value is -0.765. The number of thiophene rings is 1. The van der Waals surface area contributed by atoms with Crippen LogP contribution in [-0.2, 0) is 11.2 Å². The first kappa shape index (κ1) is 14.6. The van der Waals surface area contributed by atoms with Crippen LogP contribution in [-0.4, -0.2) is 31.2 Å². The summed E-state index contributed by atoms with van der Waals surface area (Å²) < 4.78 is 0.